The van der Waals surface area contributed by atoms with Gasteiger partial charge in [0.15, 0.2) is 0 Å². The van der Waals surface area contributed by atoms with Crippen molar-refractivity contribution in [2.75, 3.05) is 6.61 Å². The number of hydrogen-bond acceptors (Lipinski definition) is 8. The van der Waals surface area contributed by atoms with Gasteiger partial charge < -0.3 is 18.9 Å². The van der Waals surface area contributed by atoms with Crippen LogP contribution in [0.2, 0.25) is 0 Å². The van der Waals surface area contributed by atoms with Crippen molar-refractivity contribution < 1.29 is 33.3 Å². The van der Waals surface area contributed by atoms with E-state index in [1.165, 1.54) is 20.8 Å². The zero-order valence-corrected chi connectivity index (χ0v) is 13.3. The molecule has 1 aliphatic heterocycles. The first-order chi connectivity index (χ1) is 10.8. The summed E-state index contributed by atoms with van der Waals surface area (Å²) < 4.78 is 20.8. The molecule has 10 nitrogen and oxygen atoms in total. The number of carbonyl (C=O) groups is 3. The average molecular weight is 329 g/mol. The first-order valence-corrected chi connectivity index (χ1v) is 6.93. The van der Waals surface area contributed by atoms with Gasteiger partial charge in [-0.25, -0.2) is 0 Å². The van der Waals surface area contributed by atoms with Gasteiger partial charge in [-0.05, 0) is 12.5 Å². The van der Waals surface area contributed by atoms with Gasteiger partial charge in [-0.15, -0.1) is 0 Å². The number of azide groups is 1. The van der Waals surface area contributed by atoms with Crippen molar-refractivity contribution >= 4 is 17.9 Å². The van der Waals surface area contributed by atoms with Crippen molar-refractivity contribution in [3.63, 3.8) is 0 Å². The van der Waals surface area contributed by atoms with E-state index < -0.39 is 48.4 Å². The van der Waals surface area contributed by atoms with E-state index in [4.69, 9.17) is 24.5 Å². The minimum Gasteiger partial charge on any atom is -0.463 e. The zero-order chi connectivity index (χ0) is 17.6. The second kappa shape index (κ2) is 8.35. The van der Waals surface area contributed by atoms with Crippen LogP contribution in [0.3, 0.4) is 0 Å². The molecule has 1 heterocycles. The second-order valence-corrected chi connectivity index (χ2v) is 5.03. The van der Waals surface area contributed by atoms with Gasteiger partial charge in [0.25, 0.3) is 0 Å². The van der Waals surface area contributed by atoms with E-state index in [2.05, 4.69) is 10.0 Å². The molecule has 1 fully saturated rings. The molecule has 1 saturated heterocycles. The number of esters is 3. The molecular weight excluding hydrogens is 310 g/mol. The molecule has 0 radical (unpaired) electrons. The quantitative estimate of drug-likeness (QED) is 0.240. The number of rotatable bonds is 5. The predicted molar refractivity (Wildman–Crippen MR) is 75.0 cm³/mol. The summed E-state index contributed by atoms with van der Waals surface area (Å²) in [6.45, 7) is 5.01. The molecule has 10 heteroatoms. The van der Waals surface area contributed by atoms with E-state index in [1.54, 1.807) is 6.92 Å². The molecule has 0 amide bonds. The lowest BCUT2D eigenvalue weighted by molar-refractivity contribution is -0.213. The lowest BCUT2D eigenvalue weighted by atomic mass is 9.93. The SMILES string of the molecule is CC(=O)OCC1O[C@@H](C)[C@@H](OC(C)=O)C(N=[N+]=[N-])[C@H]1OC(C)=O. The highest BCUT2D eigenvalue weighted by molar-refractivity contribution is 5.67. The molecule has 0 N–H and O–H groups in total. The van der Waals surface area contributed by atoms with E-state index in [1.807, 2.05) is 0 Å². The van der Waals surface area contributed by atoms with E-state index in [-0.39, 0.29) is 6.61 Å². The fraction of sp³-hybridized carbons (Fsp3) is 0.769. The minimum absolute atomic E-state index is 0.193. The highest BCUT2D eigenvalue weighted by Crippen LogP contribution is 2.28. The van der Waals surface area contributed by atoms with Crippen molar-refractivity contribution in [2.45, 2.75) is 58.2 Å². The van der Waals surface area contributed by atoms with Crippen molar-refractivity contribution in [3.05, 3.63) is 10.4 Å². The fourth-order valence-corrected chi connectivity index (χ4v) is 2.33. The Labute approximate surface area is 132 Å². The molecule has 1 rings (SSSR count). The molecule has 0 aromatic rings. The minimum atomic E-state index is -1.05. The molecular formula is C13H19N3O7. The maximum Gasteiger partial charge on any atom is 0.303 e. The van der Waals surface area contributed by atoms with E-state index in [0.29, 0.717) is 0 Å². The van der Waals surface area contributed by atoms with Gasteiger partial charge in [-0.3, -0.25) is 14.4 Å². The van der Waals surface area contributed by atoms with Crippen LogP contribution in [0.4, 0.5) is 0 Å². The molecule has 0 saturated carbocycles. The smallest absolute Gasteiger partial charge is 0.303 e. The zero-order valence-electron chi connectivity index (χ0n) is 13.3. The molecule has 128 valence electrons. The summed E-state index contributed by atoms with van der Waals surface area (Å²) in [4.78, 5) is 36.3. The molecule has 0 spiro atoms. The third-order valence-electron chi connectivity index (χ3n) is 3.13. The van der Waals surface area contributed by atoms with Gasteiger partial charge in [0, 0.05) is 25.7 Å². The highest BCUT2D eigenvalue weighted by Gasteiger charge is 2.48. The van der Waals surface area contributed by atoms with Crippen LogP contribution in [0.1, 0.15) is 27.7 Å². The number of ether oxygens (including phenoxy) is 4. The average Bonchev–Trinajstić information content (AvgIpc) is 2.43. The number of nitrogens with zero attached hydrogens (tertiary/aromatic N) is 3. The molecule has 23 heavy (non-hydrogen) atoms. The van der Waals surface area contributed by atoms with Gasteiger partial charge in [0.1, 0.15) is 31.0 Å². The Kier molecular flexibility index (Phi) is 6.80. The summed E-state index contributed by atoms with van der Waals surface area (Å²) in [7, 11) is 0. The normalized spacial score (nSPS) is 29.8. The van der Waals surface area contributed by atoms with Crippen LogP contribution in [0.25, 0.3) is 10.4 Å². The van der Waals surface area contributed by atoms with Crippen LogP contribution in [0, 0.1) is 0 Å². The Morgan fingerprint density at radius 2 is 1.65 bits per heavy atom. The monoisotopic (exact) mass is 329 g/mol. The summed E-state index contributed by atoms with van der Waals surface area (Å²) >= 11 is 0. The molecule has 0 aromatic carbocycles. The van der Waals surface area contributed by atoms with Gasteiger partial charge in [0.2, 0.25) is 0 Å². The predicted octanol–water partition coefficient (Wildman–Crippen LogP) is 0.879. The fourth-order valence-electron chi connectivity index (χ4n) is 2.33. The van der Waals surface area contributed by atoms with E-state index in [9.17, 15) is 14.4 Å². The van der Waals surface area contributed by atoms with Crippen molar-refractivity contribution in [3.8, 4) is 0 Å². The Balaban J connectivity index is 3.09. The Morgan fingerprint density at radius 3 is 2.13 bits per heavy atom. The van der Waals surface area contributed by atoms with E-state index >= 15 is 0 Å². The molecule has 2 unspecified atom stereocenters. The Bertz CT molecular complexity index is 518. The molecule has 0 aliphatic carbocycles. The summed E-state index contributed by atoms with van der Waals surface area (Å²) in [5.74, 6) is -1.77. The number of carbonyl (C=O) groups excluding carboxylic acids is 3. The first kappa shape index (κ1) is 18.7. The third-order valence-corrected chi connectivity index (χ3v) is 3.13. The molecule has 0 bridgehead atoms. The lowest BCUT2D eigenvalue weighted by Crippen LogP contribution is -2.59. The summed E-state index contributed by atoms with van der Waals surface area (Å²) in [5, 5.41) is 3.59. The van der Waals surface area contributed by atoms with Crippen LogP contribution in [-0.2, 0) is 33.3 Å². The van der Waals surface area contributed by atoms with Gasteiger partial charge >= 0.3 is 17.9 Å². The lowest BCUT2D eigenvalue weighted by Gasteiger charge is -2.42. The molecule has 0 aromatic heterocycles. The van der Waals surface area contributed by atoms with Gasteiger partial charge in [0.05, 0.1) is 6.10 Å². The van der Waals surface area contributed by atoms with Crippen molar-refractivity contribution in [1.82, 2.24) is 0 Å². The van der Waals surface area contributed by atoms with Crippen LogP contribution >= 0.6 is 0 Å². The Morgan fingerprint density at radius 1 is 1.09 bits per heavy atom. The third kappa shape index (κ3) is 5.42. The summed E-state index contributed by atoms with van der Waals surface area (Å²) in [6.07, 6.45) is -3.48. The Hall–Kier alpha value is -2.32. The maximum atomic E-state index is 11.3. The largest absolute Gasteiger partial charge is 0.463 e. The first-order valence-electron chi connectivity index (χ1n) is 6.93. The standard InChI is InChI=1S/C13H19N3O7/c1-6-12(22-8(3)18)11(15-16-14)13(23-9(4)19)10(21-6)5-20-7(2)17/h6,10-13H,5H2,1-4H3/t6-,10?,11?,12+,13-/m0/s1. The van der Waals surface area contributed by atoms with Crippen LogP contribution in [-0.4, -0.2) is 55.0 Å². The van der Waals surface area contributed by atoms with Gasteiger partial charge in [-0.2, -0.15) is 0 Å². The van der Waals surface area contributed by atoms with Crippen LogP contribution in [0.5, 0.6) is 0 Å². The van der Waals surface area contributed by atoms with Crippen molar-refractivity contribution in [1.29, 1.82) is 0 Å². The molecule has 1 aliphatic rings. The van der Waals surface area contributed by atoms with Crippen molar-refractivity contribution in [2.24, 2.45) is 5.11 Å². The summed E-state index contributed by atoms with van der Waals surface area (Å²) in [6, 6.07) is -1.00. The highest BCUT2D eigenvalue weighted by atomic mass is 16.6. The van der Waals surface area contributed by atoms with Crippen LogP contribution in [0.15, 0.2) is 5.11 Å². The maximum absolute atomic E-state index is 11.3. The number of hydrogen-bond donors (Lipinski definition) is 0. The van der Waals surface area contributed by atoms with Crippen LogP contribution < -0.4 is 0 Å². The van der Waals surface area contributed by atoms with E-state index in [0.717, 1.165) is 0 Å². The summed E-state index contributed by atoms with van der Waals surface area (Å²) in [5.41, 5.74) is 8.76. The van der Waals surface area contributed by atoms with Gasteiger partial charge in [-0.1, -0.05) is 5.11 Å². The second-order valence-electron chi connectivity index (χ2n) is 5.03. The topological polar surface area (TPSA) is 137 Å². The molecule has 5 atom stereocenters.